The van der Waals surface area contributed by atoms with Crippen molar-refractivity contribution in [2.75, 3.05) is 53.1 Å². The Morgan fingerprint density at radius 1 is 1.12 bits per heavy atom. The van der Waals surface area contributed by atoms with E-state index in [9.17, 15) is 0 Å². The Morgan fingerprint density at radius 2 is 1.88 bits per heavy atom. The van der Waals surface area contributed by atoms with Gasteiger partial charge in [0.2, 0.25) is 0 Å². The summed E-state index contributed by atoms with van der Waals surface area (Å²) < 4.78 is 5.63. The second-order valence-corrected chi connectivity index (χ2v) is 4.53. The minimum Gasteiger partial charge on any atom is -0.492 e. The quantitative estimate of drug-likeness (QED) is 0.722. The third-order valence-corrected chi connectivity index (χ3v) is 2.53. The van der Waals surface area contributed by atoms with Crippen molar-refractivity contribution in [2.24, 2.45) is 0 Å². The van der Waals surface area contributed by atoms with Crippen LogP contribution in [-0.4, -0.2) is 57.2 Å². The molecule has 0 aliphatic rings. The Bertz CT molecular complexity index is 328. The molecule has 1 rings (SSSR count). The Labute approximate surface area is 104 Å². The van der Waals surface area contributed by atoms with Gasteiger partial charge >= 0.3 is 0 Å². The molecule has 17 heavy (non-hydrogen) atoms. The number of nitrogen functional groups attached to an aromatic ring is 1. The maximum Gasteiger partial charge on any atom is 0.121 e. The average molecular weight is 237 g/mol. The van der Waals surface area contributed by atoms with Gasteiger partial charge in [0.05, 0.1) is 0 Å². The Balaban J connectivity index is 2.19. The van der Waals surface area contributed by atoms with E-state index in [1.165, 1.54) is 0 Å². The van der Waals surface area contributed by atoms with Crippen molar-refractivity contribution < 1.29 is 4.74 Å². The molecule has 1 aromatic carbocycles. The van der Waals surface area contributed by atoms with Crippen molar-refractivity contribution >= 4 is 5.69 Å². The summed E-state index contributed by atoms with van der Waals surface area (Å²) in [5, 5.41) is 0. The highest BCUT2D eigenvalue weighted by atomic mass is 16.5. The van der Waals surface area contributed by atoms with Crippen molar-refractivity contribution in [3.8, 4) is 5.75 Å². The summed E-state index contributed by atoms with van der Waals surface area (Å²) >= 11 is 0. The fourth-order valence-corrected chi connectivity index (χ4v) is 1.41. The Morgan fingerprint density at radius 3 is 2.53 bits per heavy atom. The van der Waals surface area contributed by atoms with Crippen LogP contribution in [0.15, 0.2) is 24.3 Å². The van der Waals surface area contributed by atoms with E-state index in [4.69, 9.17) is 10.5 Å². The molecule has 4 nitrogen and oxygen atoms in total. The van der Waals surface area contributed by atoms with Crippen molar-refractivity contribution in [3.05, 3.63) is 24.3 Å². The minimum absolute atomic E-state index is 0.688. The van der Waals surface area contributed by atoms with E-state index >= 15 is 0 Å². The molecule has 0 bridgehead atoms. The Hall–Kier alpha value is -1.26. The third kappa shape index (κ3) is 6.14. The van der Waals surface area contributed by atoms with Gasteiger partial charge in [0.25, 0.3) is 0 Å². The molecule has 0 radical (unpaired) electrons. The largest absolute Gasteiger partial charge is 0.492 e. The number of hydrogen-bond donors (Lipinski definition) is 1. The number of ether oxygens (including phenoxy) is 1. The smallest absolute Gasteiger partial charge is 0.121 e. The van der Waals surface area contributed by atoms with Crippen molar-refractivity contribution in [2.45, 2.75) is 0 Å². The Kier molecular flexibility index (Phi) is 5.80. The van der Waals surface area contributed by atoms with Crippen LogP contribution < -0.4 is 10.5 Å². The van der Waals surface area contributed by atoms with E-state index in [1.807, 2.05) is 24.3 Å². The zero-order valence-corrected chi connectivity index (χ0v) is 11.0. The van der Waals surface area contributed by atoms with Gasteiger partial charge in [0.15, 0.2) is 0 Å². The summed E-state index contributed by atoms with van der Waals surface area (Å²) in [5.74, 6) is 0.839. The molecule has 0 aliphatic heterocycles. The highest BCUT2D eigenvalue weighted by Crippen LogP contribution is 2.13. The maximum absolute atomic E-state index is 5.68. The minimum atomic E-state index is 0.688. The zero-order chi connectivity index (χ0) is 12.7. The number of hydrogen-bond acceptors (Lipinski definition) is 4. The highest BCUT2D eigenvalue weighted by Gasteiger charge is 2.00. The molecule has 0 amide bonds. The second kappa shape index (κ2) is 7.14. The molecule has 1 aromatic rings. The normalized spacial score (nSPS) is 11.1. The van der Waals surface area contributed by atoms with Crippen molar-refractivity contribution in [1.82, 2.24) is 9.80 Å². The summed E-state index contributed by atoms with van der Waals surface area (Å²) in [5.41, 5.74) is 6.41. The van der Waals surface area contributed by atoms with Crippen molar-refractivity contribution in [1.29, 1.82) is 0 Å². The van der Waals surface area contributed by atoms with Crippen LogP contribution in [0.5, 0.6) is 5.75 Å². The molecule has 0 aromatic heterocycles. The summed E-state index contributed by atoms with van der Waals surface area (Å²) in [4.78, 5) is 4.43. The highest BCUT2D eigenvalue weighted by molar-refractivity contribution is 5.43. The summed E-state index contributed by atoms with van der Waals surface area (Å²) in [6.45, 7) is 3.72. The predicted octanol–water partition coefficient (Wildman–Crippen LogP) is 1.14. The molecule has 96 valence electrons. The van der Waals surface area contributed by atoms with E-state index in [0.717, 1.165) is 31.1 Å². The van der Waals surface area contributed by atoms with Crippen LogP contribution in [0.3, 0.4) is 0 Å². The molecule has 0 aliphatic carbocycles. The molecule has 0 unspecified atom stereocenters. The van der Waals surface area contributed by atoms with E-state index in [2.05, 4.69) is 30.9 Å². The summed E-state index contributed by atoms with van der Waals surface area (Å²) in [6, 6.07) is 7.53. The van der Waals surface area contributed by atoms with Gasteiger partial charge in [-0.05, 0) is 33.3 Å². The molecule has 0 heterocycles. The molecule has 4 heteroatoms. The van der Waals surface area contributed by atoms with Gasteiger partial charge in [-0.15, -0.1) is 0 Å². The molecular formula is C13H23N3O. The summed E-state index contributed by atoms with van der Waals surface area (Å²) in [6.07, 6.45) is 0. The second-order valence-electron chi connectivity index (χ2n) is 4.53. The average Bonchev–Trinajstić information content (AvgIpc) is 2.26. The van der Waals surface area contributed by atoms with Gasteiger partial charge < -0.3 is 20.3 Å². The van der Waals surface area contributed by atoms with E-state index in [-0.39, 0.29) is 0 Å². The monoisotopic (exact) mass is 237 g/mol. The van der Waals surface area contributed by atoms with E-state index in [1.54, 1.807) is 0 Å². The number of nitrogens with two attached hydrogens (primary N) is 1. The molecule has 0 saturated heterocycles. The number of anilines is 1. The van der Waals surface area contributed by atoms with Gasteiger partial charge in [-0.2, -0.15) is 0 Å². The lowest BCUT2D eigenvalue weighted by Crippen LogP contribution is -2.31. The number of benzene rings is 1. The van der Waals surface area contributed by atoms with Crippen LogP contribution in [-0.2, 0) is 0 Å². The first kappa shape index (κ1) is 13.8. The number of likely N-dealkylation sites (N-methyl/N-ethyl adjacent to an activating group) is 2. The lowest BCUT2D eigenvalue weighted by Gasteiger charge is -2.19. The lowest BCUT2D eigenvalue weighted by atomic mass is 10.3. The number of rotatable bonds is 7. The van der Waals surface area contributed by atoms with Crippen LogP contribution in [0.4, 0.5) is 5.69 Å². The van der Waals surface area contributed by atoms with Crippen molar-refractivity contribution in [3.63, 3.8) is 0 Å². The molecule has 0 spiro atoms. The first-order chi connectivity index (χ1) is 8.08. The fourth-order valence-electron chi connectivity index (χ4n) is 1.41. The van der Waals surface area contributed by atoms with E-state index < -0.39 is 0 Å². The first-order valence-corrected chi connectivity index (χ1v) is 5.89. The maximum atomic E-state index is 5.68. The van der Waals surface area contributed by atoms with E-state index in [0.29, 0.717) is 6.61 Å². The third-order valence-electron chi connectivity index (χ3n) is 2.53. The predicted molar refractivity (Wildman–Crippen MR) is 72.4 cm³/mol. The van der Waals surface area contributed by atoms with Gasteiger partial charge in [0, 0.05) is 31.4 Å². The fraction of sp³-hybridized carbons (Fsp3) is 0.538. The van der Waals surface area contributed by atoms with Crippen LogP contribution in [0.2, 0.25) is 0 Å². The SMILES string of the molecule is CN(C)CCN(C)CCOc1cccc(N)c1. The standard InChI is InChI=1S/C13H23N3O/c1-15(2)7-8-16(3)9-10-17-13-6-4-5-12(14)11-13/h4-6,11H,7-10,14H2,1-3H3. The first-order valence-electron chi connectivity index (χ1n) is 5.89. The topological polar surface area (TPSA) is 41.7 Å². The zero-order valence-electron chi connectivity index (χ0n) is 11.0. The van der Waals surface area contributed by atoms with Gasteiger partial charge in [-0.1, -0.05) is 6.07 Å². The molecular weight excluding hydrogens is 214 g/mol. The lowest BCUT2D eigenvalue weighted by molar-refractivity contribution is 0.222. The van der Waals surface area contributed by atoms with Crippen LogP contribution in [0, 0.1) is 0 Å². The van der Waals surface area contributed by atoms with Crippen LogP contribution >= 0.6 is 0 Å². The molecule has 0 atom stereocenters. The van der Waals surface area contributed by atoms with Gasteiger partial charge in [-0.25, -0.2) is 0 Å². The molecule has 0 fully saturated rings. The van der Waals surface area contributed by atoms with Crippen LogP contribution in [0.25, 0.3) is 0 Å². The molecule has 2 N–H and O–H groups in total. The van der Waals surface area contributed by atoms with Crippen LogP contribution in [0.1, 0.15) is 0 Å². The van der Waals surface area contributed by atoms with Gasteiger partial charge in [-0.3, -0.25) is 0 Å². The number of nitrogens with zero attached hydrogens (tertiary/aromatic N) is 2. The molecule has 0 saturated carbocycles. The summed E-state index contributed by atoms with van der Waals surface area (Å²) in [7, 11) is 6.26. The van der Waals surface area contributed by atoms with Gasteiger partial charge in [0.1, 0.15) is 12.4 Å².